The summed E-state index contributed by atoms with van der Waals surface area (Å²) in [5.41, 5.74) is 0. The largest absolute Gasteiger partial charge is 0.484 e. The van der Waals surface area contributed by atoms with E-state index in [1.807, 2.05) is 0 Å². The van der Waals surface area contributed by atoms with Crippen LogP contribution in [0, 0.1) is 0 Å². The van der Waals surface area contributed by atoms with Crippen LogP contribution in [0.1, 0.15) is 6.42 Å². The molecule has 1 heterocycles. The van der Waals surface area contributed by atoms with Gasteiger partial charge in [-0.15, -0.1) is 0 Å². The Balaban J connectivity index is 1.53. The van der Waals surface area contributed by atoms with E-state index in [4.69, 9.17) is 16.3 Å². The molecule has 0 spiro atoms. The summed E-state index contributed by atoms with van der Waals surface area (Å²) >= 11 is 5.79. The summed E-state index contributed by atoms with van der Waals surface area (Å²) in [6.07, 6.45) is 0.969. The molecule has 0 bridgehead atoms. The maximum absolute atomic E-state index is 11.7. The first-order valence-corrected chi connectivity index (χ1v) is 8.07. The van der Waals surface area contributed by atoms with E-state index in [0.717, 1.165) is 39.1 Å². The van der Waals surface area contributed by atoms with Crippen molar-refractivity contribution in [1.82, 2.24) is 15.1 Å². The van der Waals surface area contributed by atoms with E-state index in [1.54, 1.807) is 24.3 Å². The van der Waals surface area contributed by atoms with Crippen molar-refractivity contribution in [2.24, 2.45) is 0 Å². The molecule has 5 nitrogen and oxygen atoms in total. The average Bonchev–Trinajstić information content (AvgIpc) is 2.53. The third-order valence-electron chi connectivity index (χ3n) is 3.75. The van der Waals surface area contributed by atoms with Gasteiger partial charge in [0.25, 0.3) is 5.91 Å². The Hall–Kier alpha value is -1.30. The van der Waals surface area contributed by atoms with Crippen molar-refractivity contribution >= 4 is 17.5 Å². The zero-order valence-corrected chi connectivity index (χ0v) is 13.8. The van der Waals surface area contributed by atoms with Crippen LogP contribution < -0.4 is 10.1 Å². The summed E-state index contributed by atoms with van der Waals surface area (Å²) in [5.74, 6) is 0.560. The van der Waals surface area contributed by atoms with E-state index >= 15 is 0 Å². The normalized spacial score (nSPS) is 16.5. The van der Waals surface area contributed by atoms with Crippen molar-refractivity contribution in [3.8, 4) is 5.75 Å². The Morgan fingerprint density at radius 1 is 1.23 bits per heavy atom. The van der Waals surface area contributed by atoms with E-state index in [2.05, 4.69) is 22.2 Å². The molecule has 1 aliphatic rings. The van der Waals surface area contributed by atoms with Gasteiger partial charge in [0.1, 0.15) is 5.75 Å². The Kier molecular flexibility index (Phi) is 6.96. The maximum atomic E-state index is 11.7. The molecule has 0 unspecified atom stereocenters. The zero-order chi connectivity index (χ0) is 15.8. The Morgan fingerprint density at radius 3 is 2.59 bits per heavy atom. The van der Waals surface area contributed by atoms with Gasteiger partial charge in [-0.2, -0.15) is 0 Å². The molecule has 122 valence electrons. The summed E-state index contributed by atoms with van der Waals surface area (Å²) in [4.78, 5) is 16.5. The molecule has 6 heteroatoms. The van der Waals surface area contributed by atoms with Crippen LogP contribution in [0.4, 0.5) is 0 Å². The molecule has 1 fully saturated rings. The van der Waals surface area contributed by atoms with Crippen molar-refractivity contribution in [2.45, 2.75) is 6.42 Å². The number of nitrogens with one attached hydrogen (secondary N) is 1. The van der Waals surface area contributed by atoms with Crippen LogP contribution in [0.25, 0.3) is 0 Å². The molecule has 1 aliphatic heterocycles. The van der Waals surface area contributed by atoms with Crippen LogP contribution in [0.15, 0.2) is 24.3 Å². The third-order valence-corrected chi connectivity index (χ3v) is 4.00. The van der Waals surface area contributed by atoms with Gasteiger partial charge in [0.05, 0.1) is 0 Å². The van der Waals surface area contributed by atoms with Gasteiger partial charge >= 0.3 is 0 Å². The molecule has 1 aromatic carbocycles. The van der Waals surface area contributed by atoms with Crippen LogP contribution in [0.5, 0.6) is 5.75 Å². The molecule has 22 heavy (non-hydrogen) atoms. The minimum atomic E-state index is -0.0895. The van der Waals surface area contributed by atoms with Crippen LogP contribution in [0.3, 0.4) is 0 Å². The van der Waals surface area contributed by atoms with Crippen molar-refractivity contribution in [1.29, 1.82) is 0 Å². The highest BCUT2D eigenvalue weighted by Gasteiger charge is 2.12. The molecule has 1 aromatic rings. The van der Waals surface area contributed by atoms with Gasteiger partial charge in [0.15, 0.2) is 6.61 Å². The summed E-state index contributed by atoms with van der Waals surface area (Å²) in [6.45, 7) is 6.24. The smallest absolute Gasteiger partial charge is 0.257 e. The van der Waals surface area contributed by atoms with Crippen molar-refractivity contribution < 1.29 is 9.53 Å². The lowest BCUT2D eigenvalue weighted by Gasteiger charge is -2.32. The molecule has 1 saturated heterocycles. The molecule has 2 rings (SSSR count). The minimum Gasteiger partial charge on any atom is -0.484 e. The van der Waals surface area contributed by atoms with E-state index in [-0.39, 0.29) is 12.5 Å². The molecule has 0 radical (unpaired) electrons. The highest BCUT2D eigenvalue weighted by atomic mass is 35.5. The van der Waals surface area contributed by atoms with Gasteiger partial charge in [-0.1, -0.05) is 11.6 Å². The number of carbonyl (C=O) groups is 1. The van der Waals surface area contributed by atoms with Gasteiger partial charge in [-0.3, -0.25) is 4.79 Å². The molecule has 0 atom stereocenters. The molecular weight excluding hydrogens is 302 g/mol. The standard InChI is InChI=1S/C16H24ClN3O2/c1-19-9-11-20(12-10-19)8-2-7-18-16(21)13-22-15-5-3-14(17)4-6-15/h3-6H,2,7-13H2,1H3,(H,18,21). The van der Waals surface area contributed by atoms with E-state index in [1.165, 1.54) is 0 Å². The topological polar surface area (TPSA) is 44.8 Å². The van der Waals surface area contributed by atoms with Gasteiger partial charge in [0.2, 0.25) is 0 Å². The van der Waals surface area contributed by atoms with Crippen LogP contribution in [-0.2, 0) is 4.79 Å². The van der Waals surface area contributed by atoms with Crippen LogP contribution in [0.2, 0.25) is 5.02 Å². The first-order valence-electron chi connectivity index (χ1n) is 7.69. The van der Waals surface area contributed by atoms with Gasteiger partial charge < -0.3 is 19.9 Å². The lowest BCUT2D eigenvalue weighted by Crippen LogP contribution is -2.45. The van der Waals surface area contributed by atoms with E-state index in [0.29, 0.717) is 17.3 Å². The van der Waals surface area contributed by atoms with E-state index < -0.39 is 0 Å². The fraction of sp³-hybridized carbons (Fsp3) is 0.562. The number of ether oxygens (including phenoxy) is 1. The number of nitrogens with zero attached hydrogens (tertiary/aromatic N) is 2. The maximum Gasteiger partial charge on any atom is 0.257 e. The summed E-state index contributed by atoms with van der Waals surface area (Å²) in [5, 5.41) is 3.54. The molecule has 1 N–H and O–H groups in total. The predicted octanol–water partition coefficient (Wildman–Crippen LogP) is 1.47. The number of likely N-dealkylation sites (N-methyl/N-ethyl adjacent to an activating group) is 1. The lowest BCUT2D eigenvalue weighted by atomic mass is 10.3. The number of benzene rings is 1. The summed E-state index contributed by atoms with van der Waals surface area (Å²) < 4.78 is 5.39. The fourth-order valence-corrected chi connectivity index (χ4v) is 2.46. The second-order valence-corrected chi connectivity index (χ2v) is 6.03. The number of amides is 1. The first-order chi connectivity index (χ1) is 10.6. The Morgan fingerprint density at radius 2 is 1.91 bits per heavy atom. The Bertz CT molecular complexity index is 459. The SMILES string of the molecule is CN1CCN(CCCNC(=O)COc2ccc(Cl)cc2)CC1. The number of halogens is 1. The van der Waals surface area contributed by atoms with Gasteiger partial charge in [-0.05, 0) is 44.3 Å². The first kappa shape index (κ1) is 17.1. The minimum absolute atomic E-state index is 0.0378. The monoisotopic (exact) mass is 325 g/mol. The number of hydrogen-bond donors (Lipinski definition) is 1. The number of rotatable bonds is 7. The fourth-order valence-electron chi connectivity index (χ4n) is 2.33. The average molecular weight is 326 g/mol. The predicted molar refractivity (Wildman–Crippen MR) is 88.5 cm³/mol. The van der Waals surface area contributed by atoms with Gasteiger partial charge in [0, 0.05) is 37.7 Å². The quantitative estimate of drug-likeness (QED) is 0.771. The van der Waals surface area contributed by atoms with E-state index in [9.17, 15) is 4.79 Å². The second-order valence-electron chi connectivity index (χ2n) is 5.59. The molecular formula is C16H24ClN3O2. The number of piperazine rings is 1. The number of carbonyl (C=O) groups excluding carboxylic acids is 1. The molecule has 0 saturated carbocycles. The molecule has 0 aliphatic carbocycles. The lowest BCUT2D eigenvalue weighted by molar-refractivity contribution is -0.123. The third kappa shape index (κ3) is 6.22. The summed E-state index contributed by atoms with van der Waals surface area (Å²) in [7, 11) is 2.15. The van der Waals surface area contributed by atoms with Crippen molar-refractivity contribution in [3.05, 3.63) is 29.3 Å². The zero-order valence-electron chi connectivity index (χ0n) is 13.1. The number of hydrogen-bond acceptors (Lipinski definition) is 4. The molecule has 0 aromatic heterocycles. The van der Waals surface area contributed by atoms with Crippen LogP contribution in [-0.4, -0.2) is 68.6 Å². The molecule has 1 amide bonds. The van der Waals surface area contributed by atoms with Crippen molar-refractivity contribution in [3.63, 3.8) is 0 Å². The van der Waals surface area contributed by atoms with Crippen LogP contribution >= 0.6 is 11.6 Å². The highest BCUT2D eigenvalue weighted by molar-refractivity contribution is 6.30. The van der Waals surface area contributed by atoms with Gasteiger partial charge in [-0.25, -0.2) is 0 Å². The summed E-state index contributed by atoms with van der Waals surface area (Å²) in [6, 6.07) is 6.99. The Labute approximate surface area is 137 Å². The van der Waals surface area contributed by atoms with Crippen molar-refractivity contribution in [2.75, 3.05) is 52.9 Å². The highest BCUT2D eigenvalue weighted by Crippen LogP contribution is 2.15. The second kappa shape index (κ2) is 8.98.